The minimum Gasteiger partial charge on any atom is -0.347 e. The number of hydrogen-bond donors (Lipinski definition) is 1. The molecule has 0 bridgehead atoms. The van der Waals surface area contributed by atoms with Crippen LogP contribution in [0.2, 0.25) is 5.02 Å². The van der Waals surface area contributed by atoms with Crippen molar-refractivity contribution < 1.29 is 13.2 Å². The van der Waals surface area contributed by atoms with E-state index in [1.807, 2.05) is 25.1 Å². The van der Waals surface area contributed by atoms with Crippen molar-refractivity contribution >= 4 is 38.7 Å². The number of thiophene rings is 1. The van der Waals surface area contributed by atoms with E-state index in [1.165, 1.54) is 12.1 Å². The first-order chi connectivity index (χ1) is 9.77. The van der Waals surface area contributed by atoms with Gasteiger partial charge in [0.05, 0.1) is 4.88 Å². The maximum atomic E-state index is 12.0. The van der Waals surface area contributed by atoms with Crippen LogP contribution in [0.15, 0.2) is 34.5 Å². The SMILES string of the molecule is Cc1ccc(CNC(=O)c2ccc(S(C)(=O)=O)s2)c(Cl)c1. The lowest BCUT2D eigenvalue weighted by Gasteiger charge is -2.06. The molecule has 7 heteroatoms. The molecule has 0 aliphatic carbocycles. The van der Waals surface area contributed by atoms with Crippen molar-refractivity contribution in [2.75, 3.05) is 6.26 Å². The summed E-state index contributed by atoms with van der Waals surface area (Å²) in [4.78, 5) is 12.4. The quantitative estimate of drug-likeness (QED) is 0.928. The van der Waals surface area contributed by atoms with Crippen molar-refractivity contribution in [1.29, 1.82) is 0 Å². The van der Waals surface area contributed by atoms with Crippen molar-refractivity contribution in [2.45, 2.75) is 17.7 Å². The number of aryl methyl sites for hydroxylation is 1. The highest BCUT2D eigenvalue weighted by molar-refractivity contribution is 7.92. The largest absolute Gasteiger partial charge is 0.347 e. The molecular formula is C14H14ClNO3S2. The predicted molar refractivity (Wildman–Crippen MR) is 84.8 cm³/mol. The Balaban J connectivity index is 2.07. The Morgan fingerprint density at radius 2 is 2.00 bits per heavy atom. The number of halogens is 1. The molecule has 0 spiro atoms. The number of carbonyl (C=O) groups excluding carboxylic acids is 1. The molecule has 0 saturated carbocycles. The van der Waals surface area contributed by atoms with Gasteiger partial charge in [-0.1, -0.05) is 23.7 Å². The van der Waals surface area contributed by atoms with Crippen molar-refractivity contribution in [3.05, 3.63) is 51.4 Å². The highest BCUT2D eigenvalue weighted by Crippen LogP contribution is 2.22. The minimum absolute atomic E-state index is 0.181. The Hall–Kier alpha value is -1.37. The predicted octanol–water partition coefficient (Wildman–Crippen LogP) is 3.04. The molecule has 0 fully saturated rings. The van der Waals surface area contributed by atoms with Crippen LogP contribution in [0.5, 0.6) is 0 Å². The molecule has 0 radical (unpaired) electrons. The third-order valence-electron chi connectivity index (χ3n) is 2.82. The number of benzene rings is 1. The summed E-state index contributed by atoms with van der Waals surface area (Å²) >= 11 is 7.05. The van der Waals surface area contributed by atoms with Crippen molar-refractivity contribution in [1.82, 2.24) is 5.32 Å². The van der Waals surface area contributed by atoms with Gasteiger partial charge in [0.1, 0.15) is 4.21 Å². The number of carbonyl (C=O) groups is 1. The first-order valence-electron chi connectivity index (χ1n) is 6.10. The topological polar surface area (TPSA) is 63.2 Å². The summed E-state index contributed by atoms with van der Waals surface area (Å²) in [6.45, 7) is 2.23. The number of sulfone groups is 1. The number of nitrogens with one attached hydrogen (secondary N) is 1. The molecule has 1 aromatic heterocycles. The zero-order valence-electron chi connectivity index (χ0n) is 11.5. The van der Waals surface area contributed by atoms with E-state index in [9.17, 15) is 13.2 Å². The van der Waals surface area contributed by atoms with Crippen LogP contribution in [0.3, 0.4) is 0 Å². The number of rotatable bonds is 4. The van der Waals surface area contributed by atoms with Gasteiger partial charge in [-0.25, -0.2) is 8.42 Å². The van der Waals surface area contributed by atoms with E-state index in [4.69, 9.17) is 11.6 Å². The van der Waals surface area contributed by atoms with Gasteiger partial charge in [0.15, 0.2) is 9.84 Å². The zero-order valence-corrected chi connectivity index (χ0v) is 13.9. The molecule has 0 aliphatic rings. The monoisotopic (exact) mass is 343 g/mol. The highest BCUT2D eigenvalue weighted by atomic mass is 35.5. The van der Waals surface area contributed by atoms with Crippen LogP contribution in [0, 0.1) is 6.92 Å². The van der Waals surface area contributed by atoms with Crippen LogP contribution in [0.4, 0.5) is 0 Å². The fraction of sp³-hybridized carbons (Fsp3) is 0.214. The Labute approximate surface area is 132 Å². The number of hydrogen-bond acceptors (Lipinski definition) is 4. The molecule has 2 rings (SSSR count). The molecule has 0 aliphatic heterocycles. The molecule has 21 heavy (non-hydrogen) atoms. The second kappa shape index (κ2) is 6.17. The fourth-order valence-electron chi connectivity index (χ4n) is 1.70. The first kappa shape index (κ1) is 16.0. The first-order valence-corrected chi connectivity index (χ1v) is 9.19. The van der Waals surface area contributed by atoms with Crippen LogP contribution in [0.25, 0.3) is 0 Å². The third-order valence-corrected chi connectivity index (χ3v) is 6.07. The fourth-order valence-corrected chi connectivity index (χ4v) is 3.85. The average Bonchev–Trinajstić information content (AvgIpc) is 2.87. The van der Waals surface area contributed by atoms with Crippen molar-refractivity contribution in [3.63, 3.8) is 0 Å². The second-order valence-corrected chi connectivity index (χ2v) is 8.40. The molecule has 2 aromatic rings. The smallest absolute Gasteiger partial charge is 0.261 e. The molecule has 0 unspecified atom stereocenters. The van der Waals surface area contributed by atoms with E-state index in [0.29, 0.717) is 16.4 Å². The van der Waals surface area contributed by atoms with Gasteiger partial charge in [-0.3, -0.25) is 4.79 Å². The summed E-state index contributed by atoms with van der Waals surface area (Å²) < 4.78 is 23.0. The molecule has 112 valence electrons. The van der Waals surface area contributed by atoms with E-state index in [0.717, 1.165) is 28.7 Å². The summed E-state index contributed by atoms with van der Waals surface area (Å²) in [7, 11) is -3.28. The van der Waals surface area contributed by atoms with Gasteiger partial charge in [0.25, 0.3) is 5.91 Å². The molecule has 1 amide bonds. The van der Waals surface area contributed by atoms with E-state index in [-0.39, 0.29) is 10.1 Å². The van der Waals surface area contributed by atoms with Crippen LogP contribution in [-0.2, 0) is 16.4 Å². The third kappa shape index (κ3) is 4.06. The van der Waals surface area contributed by atoms with Crippen molar-refractivity contribution in [2.24, 2.45) is 0 Å². The average molecular weight is 344 g/mol. The summed E-state index contributed by atoms with van der Waals surface area (Å²) in [6.07, 6.45) is 1.12. The lowest BCUT2D eigenvalue weighted by atomic mass is 10.1. The van der Waals surface area contributed by atoms with Gasteiger partial charge >= 0.3 is 0 Å². The molecule has 1 aromatic carbocycles. The number of amides is 1. The molecule has 1 N–H and O–H groups in total. The van der Waals surface area contributed by atoms with Gasteiger partial charge in [-0.15, -0.1) is 11.3 Å². The highest BCUT2D eigenvalue weighted by Gasteiger charge is 2.15. The summed E-state index contributed by atoms with van der Waals surface area (Å²) in [5, 5.41) is 3.33. The van der Waals surface area contributed by atoms with E-state index < -0.39 is 9.84 Å². The lowest BCUT2D eigenvalue weighted by molar-refractivity contribution is 0.0955. The Bertz CT molecular complexity index is 781. The Kier molecular flexibility index (Phi) is 4.70. The van der Waals surface area contributed by atoms with Gasteiger partial charge in [0.2, 0.25) is 0 Å². The van der Waals surface area contributed by atoms with Gasteiger partial charge in [0, 0.05) is 17.8 Å². The van der Waals surface area contributed by atoms with Gasteiger partial charge in [-0.05, 0) is 36.2 Å². The zero-order chi connectivity index (χ0) is 15.6. The summed E-state index contributed by atoms with van der Waals surface area (Å²) in [6, 6.07) is 8.55. The second-order valence-electron chi connectivity index (χ2n) is 4.67. The van der Waals surface area contributed by atoms with E-state index in [2.05, 4.69) is 5.32 Å². The summed E-state index contributed by atoms with van der Waals surface area (Å²) in [5.41, 5.74) is 1.86. The van der Waals surface area contributed by atoms with Crippen LogP contribution < -0.4 is 5.32 Å². The maximum absolute atomic E-state index is 12.0. The minimum atomic E-state index is -3.28. The maximum Gasteiger partial charge on any atom is 0.261 e. The molecule has 1 heterocycles. The molecule has 0 saturated heterocycles. The van der Waals surface area contributed by atoms with Crippen LogP contribution in [0.1, 0.15) is 20.8 Å². The van der Waals surface area contributed by atoms with Gasteiger partial charge < -0.3 is 5.32 Å². The van der Waals surface area contributed by atoms with E-state index >= 15 is 0 Å². The Morgan fingerprint density at radius 3 is 2.57 bits per heavy atom. The van der Waals surface area contributed by atoms with Crippen LogP contribution in [-0.4, -0.2) is 20.6 Å². The summed E-state index contributed by atoms with van der Waals surface area (Å²) in [5.74, 6) is -0.313. The Morgan fingerprint density at radius 1 is 1.29 bits per heavy atom. The van der Waals surface area contributed by atoms with Crippen molar-refractivity contribution in [3.8, 4) is 0 Å². The van der Waals surface area contributed by atoms with E-state index in [1.54, 1.807) is 0 Å². The molecule has 0 atom stereocenters. The van der Waals surface area contributed by atoms with Gasteiger partial charge in [-0.2, -0.15) is 0 Å². The standard InChI is InChI=1S/C14H14ClNO3S2/c1-9-3-4-10(11(15)7-9)8-16-14(17)12-5-6-13(20-12)21(2,18)19/h3-7H,8H2,1-2H3,(H,16,17). The molecular weight excluding hydrogens is 330 g/mol. The lowest BCUT2D eigenvalue weighted by Crippen LogP contribution is -2.21. The molecule has 4 nitrogen and oxygen atoms in total. The van der Waals surface area contributed by atoms with Crippen LogP contribution >= 0.6 is 22.9 Å². The normalized spacial score (nSPS) is 11.4.